The van der Waals surface area contributed by atoms with E-state index in [1.54, 1.807) is 6.92 Å². The number of aliphatic hydroxyl groups excluding tert-OH is 2. The molecule has 0 amide bonds. The highest BCUT2D eigenvalue weighted by Gasteiger charge is 2.43. The average Bonchev–Trinajstić information content (AvgIpc) is 2.10. The summed E-state index contributed by atoms with van der Waals surface area (Å²) in [7, 11) is 2.90. The van der Waals surface area contributed by atoms with E-state index in [0.717, 1.165) is 0 Å². The summed E-state index contributed by atoms with van der Waals surface area (Å²) < 4.78 is 15.0. The van der Waals surface area contributed by atoms with Gasteiger partial charge in [0.05, 0.1) is 6.10 Å². The average molecular weight is 192 g/mol. The van der Waals surface area contributed by atoms with Gasteiger partial charge in [0.1, 0.15) is 18.3 Å². The summed E-state index contributed by atoms with van der Waals surface area (Å²) in [4.78, 5) is 0. The molecule has 0 saturated carbocycles. The molecule has 1 fully saturated rings. The van der Waals surface area contributed by atoms with Crippen LogP contribution in [0.5, 0.6) is 0 Å². The summed E-state index contributed by atoms with van der Waals surface area (Å²) in [5.74, 6) is 0. The first-order valence-corrected chi connectivity index (χ1v) is 4.19. The third-order valence-electron chi connectivity index (χ3n) is 2.32. The van der Waals surface area contributed by atoms with Gasteiger partial charge in [-0.15, -0.1) is 0 Å². The quantitative estimate of drug-likeness (QED) is 0.594. The minimum Gasteiger partial charge on any atom is -0.388 e. The van der Waals surface area contributed by atoms with E-state index in [1.165, 1.54) is 14.2 Å². The number of aliphatic hydroxyl groups is 2. The van der Waals surface area contributed by atoms with Gasteiger partial charge in [0, 0.05) is 14.2 Å². The molecule has 5 heteroatoms. The first kappa shape index (κ1) is 10.9. The van der Waals surface area contributed by atoms with Gasteiger partial charge in [0.2, 0.25) is 0 Å². The first-order chi connectivity index (χ1) is 6.11. The van der Waals surface area contributed by atoms with Crippen LogP contribution in [0.3, 0.4) is 0 Å². The van der Waals surface area contributed by atoms with Crippen LogP contribution >= 0.6 is 0 Å². The lowest BCUT2D eigenvalue weighted by molar-refractivity contribution is -0.287. The van der Waals surface area contributed by atoms with Gasteiger partial charge in [0.15, 0.2) is 6.29 Å². The van der Waals surface area contributed by atoms with Crippen LogP contribution in [0.4, 0.5) is 0 Å². The Hall–Kier alpha value is -0.200. The second-order valence-corrected chi connectivity index (χ2v) is 3.12. The van der Waals surface area contributed by atoms with Gasteiger partial charge in [-0.05, 0) is 6.92 Å². The van der Waals surface area contributed by atoms with E-state index in [-0.39, 0.29) is 0 Å². The van der Waals surface area contributed by atoms with Crippen LogP contribution < -0.4 is 0 Å². The highest BCUT2D eigenvalue weighted by molar-refractivity contribution is 4.88. The maximum atomic E-state index is 9.62. The monoisotopic (exact) mass is 192 g/mol. The van der Waals surface area contributed by atoms with Crippen molar-refractivity contribution in [2.45, 2.75) is 37.6 Å². The SMILES string of the molecule is CO[C@@H]1[C@@H](O)[C@@H](C)O[C@@H](O)[C@H]1OC. The summed E-state index contributed by atoms with van der Waals surface area (Å²) in [5.41, 5.74) is 0. The molecular formula is C8H16O5. The minimum absolute atomic E-state index is 0.452. The number of ether oxygens (including phenoxy) is 3. The third-order valence-corrected chi connectivity index (χ3v) is 2.32. The van der Waals surface area contributed by atoms with Crippen molar-refractivity contribution in [3.8, 4) is 0 Å². The van der Waals surface area contributed by atoms with Crippen molar-refractivity contribution >= 4 is 0 Å². The fourth-order valence-corrected chi connectivity index (χ4v) is 1.53. The molecule has 0 spiro atoms. The van der Waals surface area contributed by atoms with Gasteiger partial charge in [-0.3, -0.25) is 0 Å². The van der Waals surface area contributed by atoms with E-state index >= 15 is 0 Å². The molecule has 1 heterocycles. The Morgan fingerprint density at radius 2 is 1.62 bits per heavy atom. The van der Waals surface area contributed by atoms with E-state index in [0.29, 0.717) is 0 Å². The van der Waals surface area contributed by atoms with Crippen LogP contribution in [0.2, 0.25) is 0 Å². The fourth-order valence-electron chi connectivity index (χ4n) is 1.53. The number of hydrogen-bond donors (Lipinski definition) is 2. The fraction of sp³-hybridized carbons (Fsp3) is 1.00. The molecule has 0 aromatic rings. The molecule has 78 valence electrons. The summed E-state index contributed by atoms with van der Waals surface area (Å²) in [6.07, 6.45) is -3.47. The first-order valence-electron chi connectivity index (χ1n) is 4.19. The zero-order valence-electron chi connectivity index (χ0n) is 8.01. The third kappa shape index (κ3) is 2.00. The molecule has 1 aliphatic heterocycles. The Balaban J connectivity index is 2.71. The maximum absolute atomic E-state index is 9.62. The van der Waals surface area contributed by atoms with E-state index in [4.69, 9.17) is 14.2 Å². The molecule has 1 rings (SSSR count). The molecule has 0 aromatic carbocycles. The van der Waals surface area contributed by atoms with Crippen LogP contribution in [0, 0.1) is 0 Å². The van der Waals surface area contributed by atoms with Crippen molar-refractivity contribution in [1.29, 1.82) is 0 Å². The van der Waals surface area contributed by atoms with Crippen LogP contribution in [-0.4, -0.2) is 55.1 Å². The van der Waals surface area contributed by atoms with Crippen molar-refractivity contribution in [1.82, 2.24) is 0 Å². The zero-order valence-corrected chi connectivity index (χ0v) is 8.01. The summed E-state index contributed by atoms with van der Waals surface area (Å²) in [5, 5.41) is 19.0. The Bertz CT molecular complexity index is 163. The highest BCUT2D eigenvalue weighted by Crippen LogP contribution is 2.23. The number of hydrogen-bond acceptors (Lipinski definition) is 5. The predicted molar refractivity (Wildman–Crippen MR) is 44.2 cm³/mol. The second-order valence-electron chi connectivity index (χ2n) is 3.12. The Morgan fingerprint density at radius 1 is 1.08 bits per heavy atom. The summed E-state index contributed by atoms with van der Waals surface area (Å²) >= 11 is 0. The van der Waals surface area contributed by atoms with E-state index in [9.17, 15) is 10.2 Å². The zero-order chi connectivity index (χ0) is 10.0. The van der Waals surface area contributed by atoms with Crippen LogP contribution in [0.1, 0.15) is 6.92 Å². The Labute approximate surface area is 77.2 Å². The molecule has 1 saturated heterocycles. The van der Waals surface area contributed by atoms with Gasteiger partial charge in [-0.2, -0.15) is 0 Å². The van der Waals surface area contributed by atoms with Gasteiger partial charge >= 0.3 is 0 Å². The molecule has 5 atom stereocenters. The molecule has 5 nitrogen and oxygen atoms in total. The van der Waals surface area contributed by atoms with E-state index < -0.39 is 30.7 Å². The molecule has 0 unspecified atom stereocenters. The van der Waals surface area contributed by atoms with Crippen molar-refractivity contribution in [2.75, 3.05) is 14.2 Å². The van der Waals surface area contributed by atoms with Gasteiger partial charge in [-0.25, -0.2) is 0 Å². The minimum atomic E-state index is -1.05. The maximum Gasteiger partial charge on any atom is 0.184 e. The predicted octanol–water partition coefficient (Wildman–Crippen LogP) is -0.886. The van der Waals surface area contributed by atoms with Crippen molar-refractivity contribution in [2.24, 2.45) is 0 Å². The molecule has 13 heavy (non-hydrogen) atoms. The van der Waals surface area contributed by atoms with Gasteiger partial charge < -0.3 is 24.4 Å². The van der Waals surface area contributed by atoms with Crippen molar-refractivity contribution in [3.05, 3.63) is 0 Å². The normalized spacial score (nSPS) is 46.4. The Morgan fingerprint density at radius 3 is 2.08 bits per heavy atom. The largest absolute Gasteiger partial charge is 0.388 e. The molecule has 0 bridgehead atoms. The molecule has 0 aromatic heterocycles. The summed E-state index contributed by atoms with van der Waals surface area (Å²) in [6, 6.07) is 0. The molecule has 0 aliphatic carbocycles. The van der Waals surface area contributed by atoms with E-state index in [1.807, 2.05) is 0 Å². The van der Waals surface area contributed by atoms with Crippen molar-refractivity contribution in [3.63, 3.8) is 0 Å². The lowest BCUT2D eigenvalue weighted by Gasteiger charge is -2.40. The molecule has 0 radical (unpaired) electrons. The van der Waals surface area contributed by atoms with Crippen LogP contribution in [-0.2, 0) is 14.2 Å². The Kier molecular flexibility index (Phi) is 3.63. The second kappa shape index (κ2) is 4.34. The van der Waals surface area contributed by atoms with Crippen molar-refractivity contribution < 1.29 is 24.4 Å². The molecule has 1 aliphatic rings. The smallest absolute Gasteiger partial charge is 0.184 e. The highest BCUT2D eigenvalue weighted by atomic mass is 16.7. The number of methoxy groups -OCH3 is 2. The standard InChI is InChI=1S/C8H16O5/c1-4-5(9)6(11-2)7(12-3)8(10)13-4/h4-10H,1-3H3/t4-,5+,6-,7+,8-/m1/s1. The number of rotatable bonds is 2. The van der Waals surface area contributed by atoms with Gasteiger partial charge in [-0.1, -0.05) is 0 Å². The lowest BCUT2D eigenvalue weighted by Crippen LogP contribution is -2.57. The lowest BCUT2D eigenvalue weighted by atomic mass is 10.00. The molecule has 2 N–H and O–H groups in total. The van der Waals surface area contributed by atoms with Crippen LogP contribution in [0.15, 0.2) is 0 Å². The summed E-state index contributed by atoms with van der Waals surface area (Å²) in [6.45, 7) is 1.67. The topological polar surface area (TPSA) is 68.2 Å². The van der Waals surface area contributed by atoms with E-state index in [2.05, 4.69) is 0 Å². The molecular weight excluding hydrogens is 176 g/mol. The van der Waals surface area contributed by atoms with Crippen LogP contribution in [0.25, 0.3) is 0 Å². The van der Waals surface area contributed by atoms with Gasteiger partial charge in [0.25, 0.3) is 0 Å².